The zero-order chi connectivity index (χ0) is 21.8. The van der Waals surface area contributed by atoms with Gasteiger partial charge < -0.3 is 24.6 Å². The Labute approximate surface area is 178 Å². The molecule has 7 nitrogen and oxygen atoms in total. The molecular weight excluding hydrogens is 390 g/mol. The van der Waals surface area contributed by atoms with Gasteiger partial charge in [-0.2, -0.15) is 0 Å². The van der Waals surface area contributed by atoms with Gasteiger partial charge in [0.2, 0.25) is 5.91 Å². The zero-order valence-corrected chi connectivity index (χ0v) is 19.3. The number of ether oxygens (including phenoxy) is 2. The molecule has 1 aromatic rings. The molecule has 1 fully saturated rings. The van der Waals surface area contributed by atoms with E-state index in [0.29, 0.717) is 24.6 Å². The van der Waals surface area contributed by atoms with Gasteiger partial charge in [-0.3, -0.25) is 4.79 Å². The van der Waals surface area contributed by atoms with Crippen molar-refractivity contribution in [2.24, 2.45) is 0 Å². The predicted molar refractivity (Wildman–Crippen MR) is 117 cm³/mol. The minimum Gasteiger partial charge on any atom is -0.493 e. The van der Waals surface area contributed by atoms with Crippen molar-refractivity contribution in [3.05, 3.63) is 23.8 Å². The third kappa shape index (κ3) is 5.72. The van der Waals surface area contributed by atoms with E-state index in [1.54, 1.807) is 37.9 Å². The summed E-state index contributed by atoms with van der Waals surface area (Å²) in [6.07, 6.45) is 0.768. The van der Waals surface area contributed by atoms with Gasteiger partial charge in [0.05, 0.1) is 19.5 Å². The first-order valence-corrected chi connectivity index (χ1v) is 10.8. The molecule has 0 radical (unpaired) electrons. The average Bonchev–Trinajstić information content (AvgIpc) is 2.99. The highest BCUT2D eigenvalue weighted by Gasteiger charge is 2.40. The average molecular weight is 424 g/mol. The maximum Gasteiger partial charge on any atom is 0.317 e. The fraction of sp³-hybridized carbons (Fsp3) is 0.619. The minimum absolute atomic E-state index is 0.0817. The Bertz CT molecular complexity index is 735. The number of amides is 3. The second kappa shape index (κ2) is 9.61. The van der Waals surface area contributed by atoms with E-state index < -0.39 is 0 Å². The van der Waals surface area contributed by atoms with Crippen LogP contribution in [0.15, 0.2) is 18.2 Å². The molecule has 0 bridgehead atoms. The second-order valence-electron chi connectivity index (χ2n) is 8.13. The molecule has 1 aliphatic heterocycles. The smallest absolute Gasteiger partial charge is 0.317 e. The first-order chi connectivity index (χ1) is 13.6. The SMILES string of the molecule is CC[C@@H]1S[C@H](c2ccc(OC)c(OC)c2)N(CCN(C)C(=O)NC(C)(C)C)C1=O. The molecule has 0 aliphatic carbocycles. The first-order valence-electron chi connectivity index (χ1n) is 9.82. The maximum absolute atomic E-state index is 12.9. The van der Waals surface area contributed by atoms with E-state index in [1.807, 2.05) is 50.8 Å². The van der Waals surface area contributed by atoms with Gasteiger partial charge in [-0.1, -0.05) is 13.0 Å². The summed E-state index contributed by atoms with van der Waals surface area (Å²) in [4.78, 5) is 28.8. The van der Waals surface area contributed by atoms with Gasteiger partial charge in [-0.05, 0) is 44.9 Å². The molecule has 0 spiro atoms. The lowest BCUT2D eigenvalue weighted by atomic mass is 10.1. The summed E-state index contributed by atoms with van der Waals surface area (Å²) in [5.41, 5.74) is 0.680. The Hall–Kier alpha value is -2.09. The zero-order valence-electron chi connectivity index (χ0n) is 18.4. The van der Waals surface area contributed by atoms with Gasteiger partial charge in [0.25, 0.3) is 0 Å². The number of thioether (sulfide) groups is 1. The standard InChI is InChI=1S/C21H33N3O4S/c1-8-17-18(25)24(12-11-23(5)20(26)22-21(2,3)4)19(29-17)14-9-10-15(27-6)16(13-14)28-7/h9-10,13,17,19H,8,11-12H2,1-7H3,(H,22,26)/t17-,19+/m0/s1. The van der Waals surface area contributed by atoms with Crippen LogP contribution in [0.3, 0.4) is 0 Å². The summed E-state index contributed by atoms with van der Waals surface area (Å²) < 4.78 is 10.8. The number of hydrogen-bond acceptors (Lipinski definition) is 5. The van der Waals surface area contributed by atoms with E-state index in [4.69, 9.17) is 9.47 Å². The fourth-order valence-electron chi connectivity index (χ4n) is 3.13. The number of likely N-dealkylation sites (N-methyl/N-ethyl adjacent to an activating group) is 1. The van der Waals surface area contributed by atoms with Crippen LogP contribution in [-0.2, 0) is 4.79 Å². The fourth-order valence-corrected chi connectivity index (χ4v) is 4.54. The highest BCUT2D eigenvalue weighted by atomic mass is 32.2. The maximum atomic E-state index is 12.9. The third-order valence-electron chi connectivity index (χ3n) is 4.70. The molecule has 162 valence electrons. The number of benzene rings is 1. The summed E-state index contributed by atoms with van der Waals surface area (Å²) in [7, 11) is 4.95. The van der Waals surface area contributed by atoms with Crippen molar-refractivity contribution in [2.45, 2.75) is 50.3 Å². The van der Waals surface area contributed by atoms with Crippen molar-refractivity contribution in [1.29, 1.82) is 0 Å². The van der Waals surface area contributed by atoms with E-state index in [-0.39, 0.29) is 28.1 Å². The molecule has 0 saturated carbocycles. The van der Waals surface area contributed by atoms with E-state index >= 15 is 0 Å². The minimum atomic E-state index is -0.305. The Morgan fingerprint density at radius 3 is 2.45 bits per heavy atom. The molecule has 1 aliphatic rings. The van der Waals surface area contributed by atoms with Crippen LogP contribution >= 0.6 is 11.8 Å². The summed E-state index contributed by atoms with van der Waals surface area (Å²) >= 11 is 1.64. The molecule has 1 aromatic carbocycles. The molecule has 8 heteroatoms. The molecule has 3 amide bonds. The summed E-state index contributed by atoms with van der Waals surface area (Å²) in [5.74, 6) is 1.41. The van der Waals surface area contributed by atoms with E-state index in [0.717, 1.165) is 12.0 Å². The second-order valence-corrected chi connectivity index (χ2v) is 9.42. The van der Waals surface area contributed by atoms with Crippen LogP contribution in [0, 0.1) is 0 Å². The molecule has 1 saturated heterocycles. The number of hydrogen-bond donors (Lipinski definition) is 1. The lowest BCUT2D eigenvalue weighted by molar-refractivity contribution is -0.130. The number of rotatable bonds is 7. The van der Waals surface area contributed by atoms with Crippen LogP contribution in [0.4, 0.5) is 4.79 Å². The number of carbonyl (C=O) groups is 2. The number of carbonyl (C=O) groups excluding carboxylic acids is 2. The Morgan fingerprint density at radius 1 is 1.24 bits per heavy atom. The Balaban J connectivity index is 2.17. The van der Waals surface area contributed by atoms with Crippen LogP contribution in [0.25, 0.3) is 0 Å². The number of nitrogens with one attached hydrogen (secondary N) is 1. The van der Waals surface area contributed by atoms with Gasteiger partial charge in [0.15, 0.2) is 11.5 Å². The molecule has 2 atom stereocenters. The molecule has 0 unspecified atom stereocenters. The summed E-state index contributed by atoms with van der Waals surface area (Å²) in [6.45, 7) is 8.77. The molecule has 29 heavy (non-hydrogen) atoms. The van der Waals surface area contributed by atoms with Crippen LogP contribution in [0.5, 0.6) is 11.5 Å². The van der Waals surface area contributed by atoms with Crippen molar-refractivity contribution in [2.75, 3.05) is 34.4 Å². The van der Waals surface area contributed by atoms with Crippen molar-refractivity contribution < 1.29 is 19.1 Å². The van der Waals surface area contributed by atoms with Crippen LogP contribution in [0.1, 0.15) is 45.1 Å². The van der Waals surface area contributed by atoms with Crippen molar-refractivity contribution in [3.8, 4) is 11.5 Å². The predicted octanol–water partition coefficient (Wildman–Crippen LogP) is 3.50. The molecule has 2 rings (SSSR count). The van der Waals surface area contributed by atoms with Gasteiger partial charge in [0.1, 0.15) is 5.37 Å². The molecular formula is C21H33N3O4S. The molecule has 1 heterocycles. The van der Waals surface area contributed by atoms with Gasteiger partial charge in [-0.15, -0.1) is 11.8 Å². The summed E-state index contributed by atoms with van der Waals surface area (Å²) in [6, 6.07) is 5.60. The third-order valence-corrected chi connectivity index (χ3v) is 6.35. The quantitative estimate of drug-likeness (QED) is 0.727. The largest absolute Gasteiger partial charge is 0.493 e. The molecule has 0 aromatic heterocycles. The lowest BCUT2D eigenvalue weighted by Crippen LogP contribution is -2.49. The van der Waals surface area contributed by atoms with Gasteiger partial charge in [0, 0.05) is 25.7 Å². The first kappa shape index (κ1) is 23.2. The van der Waals surface area contributed by atoms with Crippen LogP contribution in [0.2, 0.25) is 0 Å². The molecule has 1 N–H and O–H groups in total. The van der Waals surface area contributed by atoms with E-state index in [2.05, 4.69) is 5.32 Å². The monoisotopic (exact) mass is 423 g/mol. The number of urea groups is 1. The van der Waals surface area contributed by atoms with Gasteiger partial charge >= 0.3 is 6.03 Å². The number of methoxy groups -OCH3 is 2. The van der Waals surface area contributed by atoms with E-state index in [9.17, 15) is 9.59 Å². The highest BCUT2D eigenvalue weighted by molar-refractivity contribution is 8.01. The number of nitrogens with zero attached hydrogens (tertiary/aromatic N) is 2. The lowest BCUT2D eigenvalue weighted by Gasteiger charge is -2.29. The normalized spacial score (nSPS) is 19.3. The van der Waals surface area contributed by atoms with Crippen molar-refractivity contribution in [1.82, 2.24) is 15.1 Å². The Morgan fingerprint density at radius 2 is 1.90 bits per heavy atom. The summed E-state index contributed by atoms with van der Waals surface area (Å²) in [5, 5.41) is 2.74. The van der Waals surface area contributed by atoms with Crippen LogP contribution < -0.4 is 14.8 Å². The van der Waals surface area contributed by atoms with Crippen LogP contribution in [-0.4, -0.2) is 66.9 Å². The topological polar surface area (TPSA) is 71.1 Å². The van der Waals surface area contributed by atoms with Crippen molar-refractivity contribution >= 4 is 23.7 Å². The van der Waals surface area contributed by atoms with Crippen molar-refractivity contribution in [3.63, 3.8) is 0 Å². The Kier molecular flexibility index (Phi) is 7.68. The highest BCUT2D eigenvalue weighted by Crippen LogP contribution is 2.45. The van der Waals surface area contributed by atoms with Gasteiger partial charge in [-0.25, -0.2) is 4.79 Å². The van der Waals surface area contributed by atoms with E-state index in [1.165, 1.54) is 0 Å².